The quantitative estimate of drug-likeness (QED) is 0.661. The first kappa shape index (κ1) is 15.8. The predicted molar refractivity (Wildman–Crippen MR) is 81.6 cm³/mol. The number of rotatable bonds is 5. The number of non-ortho nitro benzene ring substituents is 1. The second-order valence-corrected chi connectivity index (χ2v) is 6.07. The predicted octanol–water partition coefficient (Wildman–Crippen LogP) is 3.95. The summed E-state index contributed by atoms with van der Waals surface area (Å²) in [6.07, 6.45) is 5.74. The minimum Gasteiger partial charge on any atom is -0.351 e. The number of carbonyl (C=O) groups is 1. The van der Waals surface area contributed by atoms with Crippen molar-refractivity contribution in [3.8, 4) is 0 Å². The summed E-state index contributed by atoms with van der Waals surface area (Å²) >= 11 is 5.97. The zero-order valence-corrected chi connectivity index (χ0v) is 12.8. The van der Waals surface area contributed by atoms with Gasteiger partial charge in [0, 0.05) is 18.7 Å². The summed E-state index contributed by atoms with van der Waals surface area (Å²) in [7, 11) is 0. The van der Waals surface area contributed by atoms with Gasteiger partial charge in [0.2, 0.25) is 0 Å². The van der Waals surface area contributed by atoms with Crippen LogP contribution in [-0.4, -0.2) is 17.4 Å². The monoisotopic (exact) mass is 310 g/mol. The molecule has 114 valence electrons. The number of nitro benzene ring substituents is 1. The maximum Gasteiger partial charge on any atom is 0.270 e. The number of benzene rings is 1. The fourth-order valence-electron chi connectivity index (χ4n) is 2.95. The molecule has 0 radical (unpaired) electrons. The van der Waals surface area contributed by atoms with E-state index in [1.807, 2.05) is 0 Å². The van der Waals surface area contributed by atoms with Crippen molar-refractivity contribution in [2.75, 3.05) is 6.54 Å². The van der Waals surface area contributed by atoms with Crippen LogP contribution in [0.15, 0.2) is 18.2 Å². The summed E-state index contributed by atoms with van der Waals surface area (Å²) in [4.78, 5) is 22.3. The Morgan fingerprint density at radius 2 is 2.10 bits per heavy atom. The molecule has 1 fully saturated rings. The number of hydrogen-bond acceptors (Lipinski definition) is 3. The Balaban J connectivity index is 2.05. The molecule has 0 saturated heterocycles. The molecule has 5 nitrogen and oxygen atoms in total. The van der Waals surface area contributed by atoms with E-state index in [9.17, 15) is 14.9 Å². The number of nitrogens with one attached hydrogen (secondary N) is 1. The number of hydrogen-bond donors (Lipinski definition) is 1. The Morgan fingerprint density at radius 1 is 1.43 bits per heavy atom. The molecule has 1 aromatic rings. The molecule has 0 heterocycles. The van der Waals surface area contributed by atoms with Gasteiger partial charge in [0.25, 0.3) is 11.6 Å². The highest BCUT2D eigenvalue weighted by Gasteiger charge is 2.32. The van der Waals surface area contributed by atoms with Crippen molar-refractivity contribution in [2.24, 2.45) is 5.41 Å². The van der Waals surface area contributed by atoms with Crippen LogP contribution in [0.3, 0.4) is 0 Å². The van der Waals surface area contributed by atoms with E-state index in [2.05, 4.69) is 12.2 Å². The maximum atomic E-state index is 12.2. The van der Waals surface area contributed by atoms with E-state index in [-0.39, 0.29) is 27.6 Å². The van der Waals surface area contributed by atoms with Gasteiger partial charge in [-0.1, -0.05) is 31.4 Å². The van der Waals surface area contributed by atoms with Crippen molar-refractivity contribution in [3.05, 3.63) is 38.9 Å². The van der Waals surface area contributed by atoms with Gasteiger partial charge in [-0.2, -0.15) is 0 Å². The molecule has 6 heteroatoms. The summed E-state index contributed by atoms with van der Waals surface area (Å²) < 4.78 is 0. The minimum absolute atomic E-state index is 0.110. The Hall–Kier alpha value is -1.62. The van der Waals surface area contributed by atoms with Gasteiger partial charge in [0.05, 0.1) is 15.5 Å². The Morgan fingerprint density at radius 3 is 2.62 bits per heavy atom. The summed E-state index contributed by atoms with van der Waals surface area (Å²) in [5, 5.41) is 13.7. The van der Waals surface area contributed by atoms with E-state index in [0.717, 1.165) is 19.3 Å². The summed E-state index contributed by atoms with van der Waals surface area (Å²) in [6, 6.07) is 3.91. The standard InChI is InChI=1S/C15H19ClN2O3/c1-2-15(7-3-4-8-15)10-17-14(19)12-6-5-11(18(20)21)9-13(12)16/h5-6,9H,2-4,7-8,10H2,1H3,(H,17,19). The summed E-state index contributed by atoms with van der Waals surface area (Å²) in [5.74, 6) is -0.269. The van der Waals surface area contributed by atoms with Gasteiger partial charge < -0.3 is 5.32 Å². The Labute approximate surface area is 128 Å². The minimum atomic E-state index is -0.530. The highest BCUT2D eigenvalue weighted by molar-refractivity contribution is 6.34. The van der Waals surface area contributed by atoms with E-state index in [1.165, 1.54) is 31.0 Å². The fraction of sp³-hybridized carbons (Fsp3) is 0.533. The van der Waals surface area contributed by atoms with E-state index in [1.54, 1.807) is 0 Å². The second-order valence-electron chi connectivity index (χ2n) is 5.66. The maximum absolute atomic E-state index is 12.2. The molecule has 2 rings (SSSR count). The zero-order chi connectivity index (χ0) is 15.5. The third-order valence-electron chi connectivity index (χ3n) is 4.45. The summed E-state index contributed by atoms with van der Waals surface area (Å²) in [6.45, 7) is 2.78. The summed E-state index contributed by atoms with van der Waals surface area (Å²) in [5.41, 5.74) is 0.368. The van der Waals surface area contributed by atoms with Crippen LogP contribution < -0.4 is 5.32 Å². The molecular formula is C15H19ClN2O3. The van der Waals surface area contributed by atoms with E-state index in [4.69, 9.17) is 11.6 Å². The second kappa shape index (κ2) is 6.43. The molecule has 1 aromatic carbocycles. The van der Waals surface area contributed by atoms with Gasteiger partial charge >= 0.3 is 0 Å². The normalized spacial score (nSPS) is 16.7. The van der Waals surface area contributed by atoms with Crippen molar-refractivity contribution >= 4 is 23.2 Å². The lowest BCUT2D eigenvalue weighted by molar-refractivity contribution is -0.384. The molecule has 0 unspecified atom stereocenters. The van der Waals surface area contributed by atoms with Crippen LogP contribution in [0, 0.1) is 15.5 Å². The SMILES string of the molecule is CCC1(CNC(=O)c2ccc([N+](=O)[O-])cc2Cl)CCCC1. The van der Waals surface area contributed by atoms with Gasteiger partial charge in [0.15, 0.2) is 0 Å². The number of nitro groups is 1. The molecule has 21 heavy (non-hydrogen) atoms. The lowest BCUT2D eigenvalue weighted by Gasteiger charge is -2.27. The number of carbonyl (C=O) groups excluding carboxylic acids is 1. The van der Waals surface area contributed by atoms with Crippen molar-refractivity contribution in [1.29, 1.82) is 0 Å². The topological polar surface area (TPSA) is 72.2 Å². The molecule has 0 bridgehead atoms. The molecule has 1 aliphatic rings. The van der Waals surface area contributed by atoms with Crippen LogP contribution in [0.25, 0.3) is 0 Å². The van der Waals surface area contributed by atoms with Gasteiger partial charge in [-0.15, -0.1) is 0 Å². The highest BCUT2D eigenvalue weighted by Crippen LogP contribution is 2.40. The molecule has 1 amide bonds. The molecule has 0 aliphatic heterocycles. The van der Waals surface area contributed by atoms with Crippen LogP contribution in [0.4, 0.5) is 5.69 Å². The Kier molecular flexibility index (Phi) is 4.83. The van der Waals surface area contributed by atoms with Gasteiger partial charge in [-0.3, -0.25) is 14.9 Å². The third kappa shape index (κ3) is 3.53. The molecule has 0 spiro atoms. The van der Waals surface area contributed by atoms with E-state index < -0.39 is 4.92 Å². The highest BCUT2D eigenvalue weighted by atomic mass is 35.5. The van der Waals surface area contributed by atoms with Crippen LogP contribution in [0.5, 0.6) is 0 Å². The van der Waals surface area contributed by atoms with Crippen LogP contribution in [-0.2, 0) is 0 Å². The van der Waals surface area contributed by atoms with Crippen molar-refractivity contribution in [3.63, 3.8) is 0 Å². The lowest BCUT2D eigenvalue weighted by Crippen LogP contribution is -2.35. The number of nitrogens with zero attached hydrogens (tertiary/aromatic N) is 1. The molecular weight excluding hydrogens is 292 g/mol. The fourth-order valence-corrected chi connectivity index (χ4v) is 3.21. The number of amides is 1. The average molecular weight is 311 g/mol. The smallest absolute Gasteiger partial charge is 0.270 e. The van der Waals surface area contributed by atoms with Gasteiger partial charge in [-0.25, -0.2) is 0 Å². The molecule has 0 atom stereocenters. The zero-order valence-electron chi connectivity index (χ0n) is 12.0. The van der Waals surface area contributed by atoms with E-state index in [0.29, 0.717) is 6.54 Å². The average Bonchev–Trinajstić information content (AvgIpc) is 2.94. The largest absolute Gasteiger partial charge is 0.351 e. The van der Waals surface area contributed by atoms with Crippen molar-refractivity contribution in [2.45, 2.75) is 39.0 Å². The van der Waals surface area contributed by atoms with Crippen molar-refractivity contribution < 1.29 is 9.72 Å². The van der Waals surface area contributed by atoms with Crippen LogP contribution in [0.2, 0.25) is 5.02 Å². The first-order valence-corrected chi connectivity index (χ1v) is 7.57. The lowest BCUT2D eigenvalue weighted by atomic mass is 9.83. The van der Waals surface area contributed by atoms with E-state index >= 15 is 0 Å². The van der Waals surface area contributed by atoms with Crippen LogP contribution in [0.1, 0.15) is 49.4 Å². The molecule has 1 N–H and O–H groups in total. The number of halogens is 1. The molecule has 1 saturated carbocycles. The third-order valence-corrected chi connectivity index (χ3v) is 4.76. The first-order chi connectivity index (χ1) is 9.97. The van der Waals surface area contributed by atoms with Gasteiger partial charge in [0.1, 0.15) is 0 Å². The van der Waals surface area contributed by atoms with Crippen LogP contribution >= 0.6 is 11.6 Å². The molecule has 0 aromatic heterocycles. The van der Waals surface area contributed by atoms with Crippen molar-refractivity contribution in [1.82, 2.24) is 5.32 Å². The first-order valence-electron chi connectivity index (χ1n) is 7.19. The van der Waals surface area contributed by atoms with Gasteiger partial charge in [-0.05, 0) is 30.7 Å². The Bertz CT molecular complexity index is 554. The molecule has 1 aliphatic carbocycles.